The molecule has 17 heavy (non-hydrogen) atoms. The summed E-state index contributed by atoms with van der Waals surface area (Å²) in [6, 6.07) is 1.75. The highest BCUT2D eigenvalue weighted by atomic mass is 16.4. The number of nitrogens with zero attached hydrogens (tertiary/aromatic N) is 3. The molecule has 0 amide bonds. The molecular formula is C11H15N5O. The van der Waals surface area contributed by atoms with Crippen molar-refractivity contribution in [3.63, 3.8) is 0 Å². The highest BCUT2D eigenvalue weighted by molar-refractivity contribution is 5.41. The van der Waals surface area contributed by atoms with E-state index < -0.39 is 0 Å². The quantitative estimate of drug-likeness (QED) is 0.840. The number of nitrogens with one attached hydrogen (secondary N) is 1. The fourth-order valence-corrected chi connectivity index (χ4v) is 1.52. The van der Waals surface area contributed by atoms with Crippen LogP contribution in [0.15, 0.2) is 16.7 Å². The molecule has 1 atom stereocenters. The maximum absolute atomic E-state index is 5.58. The van der Waals surface area contributed by atoms with Crippen molar-refractivity contribution in [1.29, 1.82) is 0 Å². The SMILES string of the molecule is Cc1cc(NC(C)c2ncc(C)o2)nc(N)n1. The van der Waals surface area contributed by atoms with Gasteiger partial charge in [-0.3, -0.25) is 0 Å². The molecule has 0 aliphatic heterocycles. The summed E-state index contributed by atoms with van der Waals surface area (Å²) in [5.41, 5.74) is 6.39. The van der Waals surface area contributed by atoms with Crippen LogP contribution in [0.4, 0.5) is 11.8 Å². The summed E-state index contributed by atoms with van der Waals surface area (Å²) < 4.78 is 5.43. The predicted molar refractivity (Wildman–Crippen MR) is 64.5 cm³/mol. The molecule has 0 fully saturated rings. The number of nitrogens with two attached hydrogens (primary N) is 1. The lowest BCUT2D eigenvalue weighted by atomic mass is 10.3. The molecule has 0 aliphatic rings. The lowest BCUT2D eigenvalue weighted by molar-refractivity contribution is 0.453. The monoisotopic (exact) mass is 233 g/mol. The zero-order valence-corrected chi connectivity index (χ0v) is 10.1. The van der Waals surface area contributed by atoms with Crippen molar-refractivity contribution in [3.05, 3.63) is 29.6 Å². The van der Waals surface area contributed by atoms with Gasteiger partial charge in [-0.25, -0.2) is 9.97 Å². The zero-order chi connectivity index (χ0) is 12.4. The van der Waals surface area contributed by atoms with Crippen LogP contribution < -0.4 is 11.1 Å². The summed E-state index contributed by atoms with van der Waals surface area (Å²) in [6.45, 7) is 5.66. The van der Waals surface area contributed by atoms with Gasteiger partial charge < -0.3 is 15.5 Å². The van der Waals surface area contributed by atoms with E-state index in [1.165, 1.54) is 0 Å². The van der Waals surface area contributed by atoms with Gasteiger partial charge in [0.15, 0.2) is 0 Å². The predicted octanol–water partition coefficient (Wildman–Crippen LogP) is 1.84. The molecule has 0 saturated carbocycles. The first-order valence-electron chi connectivity index (χ1n) is 5.34. The van der Waals surface area contributed by atoms with Gasteiger partial charge in [-0.1, -0.05) is 0 Å². The molecule has 90 valence electrons. The summed E-state index contributed by atoms with van der Waals surface area (Å²) in [5, 5.41) is 3.17. The summed E-state index contributed by atoms with van der Waals surface area (Å²) >= 11 is 0. The van der Waals surface area contributed by atoms with Crippen LogP contribution in [-0.2, 0) is 0 Å². The average molecular weight is 233 g/mol. The second-order valence-corrected chi connectivity index (χ2v) is 3.93. The Kier molecular flexibility index (Phi) is 2.95. The minimum absolute atomic E-state index is 0.0719. The van der Waals surface area contributed by atoms with E-state index in [1.807, 2.05) is 26.8 Å². The van der Waals surface area contributed by atoms with E-state index in [1.54, 1.807) is 6.20 Å². The first-order chi connectivity index (χ1) is 8.04. The highest BCUT2D eigenvalue weighted by Gasteiger charge is 2.12. The molecule has 0 radical (unpaired) electrons. The van der Waals surface area contributed by atoms with Gasteiger partial charge in [-0.2, -0.15) is 4.98 Å². The Morgan fingerprint density at radius 3 is 2.71 bits per heavy atom. The van der Waals surface area contributed by atoms with E-state index in [0.717, 1.165) is 11.5 Å². The second kappa shape index (κ2) is 4.40. The van der Waals surface area contributed by atoms with E-state index in [9.17, 15) is 0 Å². The van der Waals surface area contributed by atoms with Gasteiger partial charge in [0.05, 0.1) is 6.20 Å². The lowest BCUT2D eigenvalue weighted by Crippen LogP contribution is -2.10. The van der Waals surface area contributed by atoms with Crippen molar-refractivity contribution in [2.24, 2.45) is 0 Å². The number of anilines is 2. The number of aryl methyl sites for hydroxylation is 2. The van der Waals surface area contributed by atoms with Crippen LogP contribution >= 0.6 is 0 Å². The third-order valence-corrected chi connectivity index (χ3v) is 2.25. The molecule has 0 bridgehead atoms. The topological polar surface area (TPSA) is 89.9 Å². The van der Waals surface area contributed by atoms with Gasteiger partial charge in [-0.05, 0) is 20.8 Å². The third-order valence-electron chi connectivity index (χ3n) is 2.25. The van der Waals surface area contributed by atoms with E-state index >= 15 is 0 Å². The largest absolute Gasteiger partial charge is 0.444 e. The Morgan fingerprint density at radius 2 is 2.12 bits per heavy atom. The molecule has 0 aromatic carbocycles. The first kappa shape index (κ1) is 11.4. The maximum Gasteiger partial charge on any atom is 0.222 e. The maximum atomic E-state index is 5.58. The Hall–Kier alpha value is -2.11. The van der Waals surface area contributed by atoms with E-state index in [2.05, 4.69) is 20.3 Å². The van der Waals surface area contributed by atoms with E-state index in [0.29, 0.717) is 11.7 Å². The van der Waals surface area contributed by atoms with Gasteiger partial charge in [-0.15, -0.1) is 0 Å². The molecule has 2 heterocycles. The Bertz CT molecular complexity index is 502. The van der Waals surface area contributed by atoms with Crippen LogP contribution in [0.3, 0.4) is 0 Å². The van der Waals surface area contributed by atoms with Gasteiger partial charge in [0.2, 0.25) is 11.8 Å². The van der Waals surface area contributed by atoms with Crippen molar-refractivity contribution in [1.82, 2.24) is 15.0 Å². The van der Waals surface area contributed by atoms with Crippen LogP contribution in [0.2, 0.25) is 0 Å². The second-order valence-electron chi connectivity index (χ2n) is 3.93. The van der Waals surface area contributed by atoms with Crippen LogP contribution in [0.5, 0.6) is 0 Å². The smallest absolute Gasteiger partial charge is 0.222 e. The summed E-state index contributed by atoms with van der Waals surface area (Å²) in [7, 11) is 0. The third kappa shape index (κ3) is 2.72. The molecule has 6 heteroatoms. The Balaban J connectivity index is 2.15. The van der Waals surface area contributed by atoms with Gasteiger partial charge >= 0.3 is 0 Å². The minimum Gasteiger partial charge on any atom is -0.444 e. The molecule has 2 aromatic heterocycles. The molecule has 1 unspecified atom stereocenters. The summed E-state index contributed by atoms with van der Waals surface area (Å²) in [4.78, 5) is 12.3. The van der Waals surface area contributed by atoms with Crippen LogP contribution in [0.1, 0.15) is 30.3 Å². The van der Waals surface area contributed by atoms with Crippen molar-refractivity contribution in [2.45, 2.75) is 26.8 Å². The standard InChI is InChI=1S/C11H15N5O/c1-6-4-9(16-11(12)14-6)15-8(3)10-13-5-7(2)17-10/h4-5,8H,1-3H3,(H3,12,14,15,16). The summed E-state index contributed by atoms with van der Waals surface area (Å²) in [5.74, 6) is 2.33. The number of hydrogen-bond acceptors (Lipinski definition) is 6. The van der Waals surface area contributed by atoms with Crippen molar-refractivity contribution < 1.29 is 4.42 Å². The molecular weight excluding hydrogens is 218 g/mol. The average Bonchev–Trinajstić information content (AvgIpc) is 2.63. The summed E-state index contributed by atoms with van der Waals surface area (Å²) in [6.07, 6.45) is 1.69. The zero-order valence-electron chi connectivity index (χ0n) is 10.1. The van der Waals surface area contributed by atoms with Crippen LogP contribution in [0.25, 0.3) is 0 Å². The van der Waals surface area contributed by atoms with Gasteiger partial charge in [0.1, 0.15) is 17.6 Å². The van der Waals surface area contributed by atoms with Gasteiger partial charge in [0.25, 0.3) is 0 Å². The normalized spacial score (nSPS) is 12.4. The lowest BCUT2D eigenvalue weighted by Gasteiger charge is -2.11. The van der Waals surface area contributed by atoms with E-state index in [-0.39, 0.29) is 12.0 Å². The van der Waals surface area contributed by atoms with Gasteiger partial charge in [0, 0.05) is 11.8 Å². The van der Waals surface area contributed by atoms with E-state index in [4.69, 9.17) is 10.2 Å². The Morgan fingerprint density at radius 1 is 1.35 bits per heavy atom. The van der Waals surface area contributed by atoms with Crippen molar-refractivity contribution in [2.75, 3.05) is 11.1 Å². The Labute approximate surface area is 99.3 Å². The number of rotatable bonds is 3. The molecule has 2 rings (SSSR count). The van der Waals surface area contributed by atoms with Crippen LogP contribution in [0, 0.1) is 13.8 Å². The first-order valence-corrected chi connectivity index (χ1v) is 5.34. The van der Waals surface area contributed by atoms with Crippen LogP contribution in [-0.4, -0.2) is 15.0 Å². The number of aromatic nitrogens is 3. The number of hydrogen-bond donors (Lipinski definition) is 2. The fourth-order valence-electron chi connectivity index (χ4n) is 1.52. The minimum atomic E-state index is -0.0719. The molecule has 6 nitrogen and oxygen atoms in total. The highest BCUT2D eigenvalue weighted by Crippen LogP contribution is 2.18. The molecule has 0 saturated heterocycles. The number of nitrogen functional groups attached to an aromatic ring is 1. The molecule has 0 aliphatic carbocycles. The number of oxazole rings is 1. The molecule has 2 aromatic rings. The fraction of sp³-hybridized carbons (Fsp3) is 0.364. The van der Waals surface area contributed by atoms with Crippen molar-refractivity contribution in [3.8, 4) is 0 Å². The van der Waals surface area contributed by atoms with Crippen molar-refractivity contribution >= 4 is 11.8 Å². The molecule has 3 N–H and O–H groups in total. The molecule has 0 spiro atoms.